The van der Waals surface area contributed by atoms with E-state index in [1.807, 2.05) is 6.26 Å². The normalized spacial score (nSPS) is 12.7. The molecule has 0 saturated carbocycles. The third-order valence-electron chi connectivity index (χ3n) is 6.74. The number of aryl methyl sites for hydroxylation is 2. The highest BCUT2D eigenvalue weighted by atomic mass is 28.3. The van der Waals surface area contributed by atoms with Crippen LogP contribution in [0.4, 0.5) is 0 Å². The Kier molecular flexibility index (Phi) is 4.62. The van der Waals surface area contributed by atoms with Gasteiger partial charge < -0.3 is 8.65 Å². The first-order chi connectivity index (χ1) is 13.6. The van der Waals surface area contributed by atoms with Gasteiger partial charge in [0.25, 0.3) is 0 Å². The molecule has 29 heavy (non-hydrogen) atoms. The summed E-state index contributed by atoms with van der Waals surface area (Å²) in [4.78, 5) is 0. The predicted octanol–water partition coefficient (Wildman–Crippen LogP) is 8.04. The van der Waals surface area contributed by atoms with E-state index in [-0.39, 0.29) is 5.04 Å². The topological polar surface area (TPSA) is 18.1 Å². The summed E-state index contributed by atoms with van der Waals surface area (Å²) in [6.45, 7) is 16.4. The molecule has 2 aromatic heterocycles. The van der Waals surface area contributed by atoms with Gasteiger partial charge in [-0.1, -0.05) is 63.7 Å². The molecule has 0 fully saturated rings. The van der Waals surface area contributed by atoms with Crippen LogP contribution in [0.5, 0.6) is 0 Å². The van der Waals surface area contributed by atoms with E-state index in [0.29, 0.717) is 0 Å². The summed E-state index contributed by atoms with van der Waals surface area (Å²) in [7, 11) is -1.79. The van der Waals surface area contributed by atoms with E-state index in [2.05, 4.69) is 101 Å². The van der Waals surface area contributed by atoms with E-state index >= 15 is 0 Å². The average molecular weight is 402 g/mol. The second-order valence-electron chi connectivity index (χ2n) is 9.79. The maximum Gasteiger partial charge on any atom is 0.161 e. The lowest BCUT2D eigenvalue weighted by Gasteiger charge is -2.38. The van der Waals surface area contributed by atoms with Crippen LogP contribution in [-0.2, 0) is 0 Å². The monoisotopic (exact) mass is 401 g/mol. The maximum atomic E-state index is 5.44. The van der Waals surface area contributed by atoms with Crippen molar-refractivity contribution >= 4 is 19.1 Å². The number of hydrogen-bond acceptors (Lipinski definition) is 1. The standard InChI is InChI=1S/C26H31NOSi/c1-18-8-10-20(11-9-18)22-14-19(2)25-23(15-22)24(21-12-13-28-17-21)16-27(25)29(6,7)26(3,4)5/h8-17H,1-7H3. The van der Waals surface area contributed by atoms with Crippen LogP contribution >= 0.6 is 0 Å². The first-order valence-corrected chi connectivity index (χ1v) is 13.3. The smallest absolute Gasteiger partial charge is 0.161 e. The van der Waals surface area contributed by atoms with Gasteiger partial charge >= 0.3 is 0 Å². The zero-order valence-corrected chi connectivity index (χ0v) is 19.6. The molecule has 0 amide bonds. The molecule has 0 saturated heterocycles. The second-order valence-corrected chi connectivity index (χ2v) is 14.9. The first-order valence-electron chi connectivity index (χ1n) is 10.4. The summed E-state index contributed by atoms with van der Waals surface area (Å²) in [6.07, 6.45) is 6.00. The van der Waals surface area contributed by atoms with Crippen LogP contribution in [-0.4, -0.2) is 12.5 Å². The van der Waals surface area contributed by atoms with Gasteiger partial charge in [-0.25, -0.2) is 0 Å². The molecule has 0 atom stereocenters. The van der Waals surface area contributed by atoms with Crippen LogP contribution < -0.4 is 0 Å². The minimum absolute atomic E-state index is 0.245. The van der Waals surface area contributed by atoms with Crippen molar-refractivity contribution in [3.63, 3.8) is 0 Å². The molecule has 0 N–H and O–H groups in total. The molecule has 150 valence electrons. The molecular formula is C26H31NOSi. The third-order valence-corrected chi connectivity index (χ3v) is 12.0. The Morgan fingerprint density at radius 3 is 2.14 bits per heavy atom. The predicted molar refractivity (Wildman–Crippen MR) is 127 cm³/mol. The van der Waals surface area contributed by atoms with E-state index < -0.39 is 8.24 Å². The van der Waals surface area contributed by atoms with Crippen LogP contribution in [0.3, 0.4) is 0 Å². The number of furan rings is 1. The van der Waals surface area contributed by atoms with Crippen molar-refractivity contribution in [2.24, 2.45) is 0 Å². The lowest BCUT2D eigenvalue weighted by molar-refractivity contribution is 0.568. The Labute approximate surface area is 175 Å². The van der Waals surface area contributed by atoms with Gasteiger partial charge in [0.05, 0.1) is 12.5 Å². The largest absolute Gasteiger partial charge is 0.472 e. The SMILES string of the molecule is Cc1ccc(-c2cc(C)c3c(c2)c(-c2ccoc2)cn3[Si](C)(C)C(C)(C)C)cc1. The van der Waals surface area contributed by atoms with Crippen molar-refractivity contribution in [1.29, 1.82) is 0 Å². The Hall–Kier alpha value is -2.52. The minimum atomic E-state index is -1.79. The molecule has 0 spiro atoms. The molecule has 0 bridgehead atoms. The Bertz CT molecular complexity index is 1160. The quantitative estimate of drug-likeness (QED) is 0.318. The summed E-state index contributed by atoms with van der Waals surface area (Å²) in [5, 5.41) is 1.56. The molecule has 0 aliphatic carbocycles. The summed E-state index contributed by atoms with van der Waals surface area (Å²) >= 11 is 0. The number of fused-ring (bicyclic) bond motifs is 1. The fourth-order valence-electron chi connectivity index (χ4n) is 3.93. The molecular weight excluding hydrogens is 370 g/mol. The summed E-state index contributed by atoms with van der Waals surface area (Å²) in [6, 6.07) is 15.6. The fourth-order valence-corrected chi connectivity index (χ4v) is 5.96. The van der Waals surface area contributed by atoms with Gasteiger partial charge in [0.2, 0.25) is 0 Å². The Morgan fingerprint density at radius 1 is 0.862 bits per heavy atom. The summed E-state index contributed by atoms with van der Waals surface area (Å²) < 4.78 is 8.05. The lowest BCUT2D eigenvalue weighted by atomic mass is 9.98. The summed E-state index contributed by atoms with van der Waals surface area (Å²) in [5.74, 6) is 0. The van der Waals surface area contributed by atoms with Crippen LogP contribution in [0.25, 0.3) is 33.2 Å². The molecule has 0 aliphatic heterocycles. The highest BCUT2D eigenvalue weighted by molar-refractivity contribution is 6.79. The Balaban J connectivity index is 2.04. The van der Waals surface area contributed by atoms with Gasteiger partial charge in [0.1, 0.15) is 0 Å². The fraction of sp³-hybridized carbons (Fsp3) is 0.308. The molecule has 0 unspecified atom stereocenters. The molecule has 2 nitrogen and oxygen atoms in total. The second kappa shape index (κ2) is 6.77. The lowest BCUT2D eigenvalue weighted by Crippen LogP contribution is -2.45. The molecule has 3 heteroatoms. The van der Waals surface area contributed by atoms with E-state index in [1.165, 1.54) is 38.7 Å². The molecule has 2 aromatic carbocycles. The van der Waals surface area contributed by atoms with E-state index in [1.54, 1.807) is 6.26 Å². The van der Waals surface area contributed by atoms with Gasteiger partial charge in [-0.15, -0.1) is 0 Å². The molecule has 4 rings (SSSR count). The Morgan fingerprint density at radius 2 is 1.55 bits per heavy atom. The van der Waals surface area contributed by atoms with Gasteiger partial charge in [-0.3, -0.25) is 0 Å². The van der Waals surface area contributed by atoms with Crippen molar-refractivity contribution in [2.45, 2.75) is 52.8 Å². The third kappa shape index (κ3) is 3.28. The molecule has 0 aliphatic rings. The van der Waals surface area contributed by atoms with Crippen molar-refractivity contribution in [3.8, 4) is 22.3 Å². The van der Waals surface area contributed by atoms with Crippen molar-refractivity contribution in [3.05, 3.63) is 72.3 Å². The van der Waals surface area contributed by atoms with Crippen LogP contribution in [0.2, 0.25) is 18.1 Å². The van der Waals surface area contributed by atoms with E-state index in [4.69, 9.17) is 4.42 Å². The number of rotatable bonds is 3. The molecule has 2 heterocycles. The van der Waals surface area contributed by atoms with Gasteiger partial charge in [0.15, 0.2) is 8.24 Å². The van der Waals surface area contributed by atoms with Crippen LogP contribution in [0.1, 0.15) is 31.9 Å². The van der Waals surface area contributed by atoms with Crippen LogP contribution in [0, 0.1) is 13.8 Å². The van der Waals surface area contributed by atoms with E-state index in [0.717, 1.165) is 5.56 Å². The first kappa shape index (κ1) is 19.8. The van der Waals surface area contributed by atoms with Gasteiger partial charge in [-0.05, 0) is 53.8 Å². The van der Waals surface area contributed by atoms with E-state index in [9.17, 15) is 0 Å². The molecule has 0 radical (unpaired) electrons. The number of aromatic nitrogens is 1. The summed E-state index contributed by atoms with van der Waals surface area (Å²) in [5.41, 5.74) is 8.92. The average Bonchev–Trinajstić information content (AvgIpc) is 3.29. The van der Waals surface area contributed by atoms with Gasteiger partial charge in [-0.2, -0.15) is 0 Å². The highest BCUT2D eigenvalue weighted by Gasteiger charge is 2.39. The zero-order chi connectivity index (χ0) is 21.0. The maximum absolute atomic E-state index is 5.44. The van der Waals surface area contributed by atoms with Gasteiger partial charge in [0, 0.05) is 28.2 Å². The number of nitrogens with zero attached hydrogens (tertiary/aromatic N) is 1. The number of benzene rings is 2. The van der Waals surface area contributed by atoms with Crippen molar-refractivity contribution < 1.29 is 4.42 Å². The van der Waals surface area contributed by atoms with Crippen LogP contribution in [0.15, 0.2) is 65.6 Å². The zero-order valence-electron chi connectivity index (χ0n) is 18.6. The minimum Gasteiger partial charge on any atom is -0.472 e. The highest BCUT2D eigenvalue weighted by Crippen LogP contribution is 2.43. The van der Waals surface area contributed by atoms with Crippen molar-refractivity contribution in [1.82, 2.24) is 4.23 Å². The molecule has 4 aromatic rings. The number of hydrogen-bond donors (Lipinski definition) is 0. The van der Waals surface area contributed by atoms with Crippen molar-refractivity contribution in [2.75, 3.05) is 0 Å².